The average Bonchev–Trinajstić information content (AvgIpc) is 3.19. The zero-order chi connectivity index (χ0) is 20.9. The van der Waals surface area contributed by atoms with E-state index in [9.17, 15) is 10.1 Å². The van der Waals surface area contributed by atoms with Crippen molar-refractivity contribution in [2.45, 2.75) is 19.4 Å². The summed E-state index contributed by atoms with van der Waals surface area (Å²) >= 11 is 0. The summed E-state index contributed by atoms with van der Waals surface area (Å²) in [6.07, 6.45) is 2.20. The molecule has 2 aromatic heterocycles. The van der Waals surface area contributed by atoms with Crippen molar-refractivity contribution in [1.82, 2.24) is 20.2 Å². The summed E-state index contributed by atoms with van der Waals surface area (Å²) in [7, 11) is 0. The second-order valence-corrected chi connectivity index (χ2v) is 6.90. The standard InChI is InChI=1S/C21H21N7O2/c1-14(16-5-3-2-4-6-16)25-19-18-20(26-27-21(18)24-13-23-19)22-12-11-15-7-9-17(10-8-15)28(29)30/h2-10,13-14H,11-12H2,1H3,(H3,22,23,24,25,26,27). The fraction of sp³-hybridized carbons (Fsp3) is 0.190. The molecule has 3 N–H and O–H groups in total. The molecule has 4 aromatic rings. The lowest BCUT2D eigenvalue weighted by atomic mass is 10.1. The van der Waals surface area contributed by atoms with Crippen molar-refractivity contribution in [3.63, 3.8) is 0 Å². The van der Waals surface area contributed by atoms with Crippen LogP contribution < -0.4 is 10.6 Å². The topological polar surface area (TPSA) is 122 Å². The van der Waals surface area contributed by atoms with Gasteiger partial charge in [-0.25, -0.2) is 9.97 Å². The Hall–Kier alpha value is -4.01. The Morgan fingerprint density at radius 2 is 1.83 bits per heavy atom. The van der Waals surface area contributed by atoms with Gasteiger partial charge in [0.05, 0.1) is 4.92 Å². The molecular formula is C21H21N7O2. The molecule has 0 aliphatic carbocycles. The van der Waals surface area contributed by atoms with Crippen molar-refractivity contribution >= 4 is 28.4 Å². The molecule has 9 heteroatoms. The Morgan fingerprint density at radius 1 is 1.07 bits per heavy atom. The van der Waals surface area contributed by atoms with E-state index < -0.39 is 4.92 Å². The smallest absolute Gasteiger partial charge is 0.269 e. The Kier molecular flexibility index (Phi) is 5.51. The summed E-state index contributed by atoms with van der Waals surface area (Å²) in [5, 5.41) is 25.6. The van der Waals surface area contributed by atoms with E-state index in [-0.39, 0.29) is 11.7 Å². The maximum Gasteiger partial charge on any atom is 0.269 e. The van der Waals surface area contributed by atoms with Crippen LogP contribution in [-0.2, 0) is 6.42 Å². The van der Waals surface area contributed by atoms with Crippen LogP contribution in [0.25, 0.3) is 11.0 Å². The molecule has 4 rings (SSSR count). The number of hydrogen-bond acceptors (Lipinski definition) is 7. The highest BCUT2D eigenvalue weighted by Crippen LogP contribution is 2.28. The number of rotatable bonds is 8. The van der Waals surface area contributed by atoms with Crippen LogP contribution in [0.15, 0.2) is 60.9 Å². The number of aromatic nitrogens is 4. The molecule has 0 aliphatic heterocycles. The molecule has 0 spiro atoms. The van der Waals surface area contributed by atoms with E-state index in [0.717, 1.165) is 16.5 Å². The van der Waals surface area contributed by atoms with Crippen LogP contribution in [0, 0.1) is 10.1 Å². The zero-order valence-corrected chi connectivity index (χ0v) is 16.4. The van der Waals surface area contributed by atoms with Crippen molar-refractivity contribution in [2.24, 2.45) is 0 Å². The van der Waals surface area contributed by atoms with Crippen LogP contribution in [0.2, 0.25) is 0 Å². The number of H-pyrrole nitrogens is 1. The fourth-order valence-corrected chi connectivity index (χ4v) is 3.24. The Labute approximate surface area is 172 Å². The molecule has 0 saturated heterocycles. The first-order valence-corrected chi connectivity index (χ1v) is 9.59. The van der Waals surface area contributed by atoms with Crippen molar-refractivity contribution < 1.29 is 4.92 Å². The third-order valence-electron chi connectivity index (χ3n) is 4.86. The molecule has 9 nitrogen and oxygen atoms in total. The maximum absolute atomic E-state index is 10.8. The van der Waals surface area contributed by atoms with Crippen LogP contribution in [0.4, 0.5) is 17.3 Å². The van der Waals surface area contributed by atoms with E-state index in [2.05, 4.69) is 49.9 Å². The van der Waals surface area contributed by atoms with Gasteiger partial charge in [-0.3, -0.25) is 15.2 Å². The number of nitrogens with one attached hydrogen (secondary N) is 3. The third-order valence-corrected chi connectivity index (χ3v) is 4.86. The van der Waals surface area contributed by atoms with E-state index in [1.165, 1.54) is 18.5 Å². The van der Waals surface area contributed by atoms with Gasteiger partial charge in [0, 0.05) is 24.7 Å². The van der Waals surface area contributed by atoms with Crippen LogP contribution in [0.3, 0.4) is 0 Å². The molecule has 1 unspecified atom stereocenters. The third kappa shape index (κ3) is 4.19. The first-order chi connectivity index (χ1) is 14.6. The molecule has 0 fully saturated rings. The lowest BCUT2D eigenvalue weighted by Gasteiger charge is -2.15. The number of nitro groups is 1. The summed E-state index contributed by atoms with van der Waals surface area (Å²) < 4.78 is 0. The molecule has 0 radical (unpaired) electrons. The molecule has 152 valence electrons. The largest absolute Gasteiger partial charge is 0.368 e. The first kappa shape index (κ1) is 19.3. The number of nitrogens with zero attached hydrogens (tertiary/aromatic N) is 4. The Balaban J connectivity index is 1.47. The normalized spacial score (nSPS) is 11.9. The lowest BCUT2D eigenvalue weighted by Crippen LogP contribution is -2.10. The molecule has 0 saturated carbocycles. The minimum atomic E-state index is -0.400. The van der Waals surface area contributed by atoms with Crippen LogP contribution in [0.1, 0.15) is 24.1 Å². The van der Waals surface area contributed by atoms with Gasteiger partial charge in [0.15, 0.2) is 11.5 Å². The highest BCUT2D eigenvalue weighted by Gasteiger charge is 2.15. The molecule has 30 heavy (non-hydrogen) atoms. The van der Waals surface area contributed by atoms with Gasteiger partial charge in [0.1, 0.15) is 17.5 Å². The van der Waals surface area contributed by atoms with E-state index in [0.29, 0.717) is 30.2 Å². The predicted molar refractivity (Wildman–Crippen MR) is 115 cm³/mol. The van der Waals surface area contributed by atoms with Crippen molar-refractivity contribution in [1.29, 1.82) is 0 Å². The predicted octanol–water partition coefficient (Wildman–Crippen LogP) is 4.09. The average molecular weight is 403 g/mol. The van der Waals surface area contributed by atoms with Gasteiger partial charge in [0.2, 0.25) is 0 Å². The van der Waals surface area contributed by atoms with E-state index in [1.807, 2.05) is 18.2 Å². The number of benzene rings is 2. The van der Waals surface area contributed by atoms with Crippen LogP contribution >= 0.6 is 0 Å². The minimum Gasteiger partial charge on any atom is -0.368 e. The van der Waals surface area contributed by atoms with Crippen molar-refractivity contribution in [3.05, 3.63) is 82.2 Å². The number of aromatic amines is 1. The van der Waals surface area contributed by atoms with Gasteiger partial charge < -0.3 is 10.6 Å². The number of nitro benzene ring substituents is 1. The number of non-ortho nitro benzene ring substituents is 1. The SMILES string of the molecule is CC(Nc1ncnc2[nH]nc(NCCc3ccc([N+](=O)[O-])cc3)c12)c1ccccc1. The first-order valence-electron chi connectivity index (χ1n) is 9.59. The summed E-state index contributed by atoms with van der Waals surface area (Å²) in [6.45, 7) is 2.69. The van der Waals surface area contributed by atoms with E-state index in [1.54, 1.807) is 12.1 Å². The summed E-state index contributed by atoms with van der Waals surface area (Å²) in [5.41, 5.74) is 2.89. The van der Waals surface area contributed by atoms with Crippen molar-refractivity contribution in [3.8, 4) is 0 Å². The molecule has 2 aromatic carbocycles. The molecule has 0 aliphatic rings. The van der Waals surface area contributed by atoms with E-state index in [4.69, 9.17) is 0 Å². The fourth-order valence-electron chi connectivity index (χ4n) is 3.24. The number of fused-ring (bicyclic) bond motifs is 1. The van der Waals surface area contributed by atoms with Gasteiger partial charge in [-0.1, -0.05) is 42.5 Å². The summed E-state index contributed by atoms with van der Waals surface area (Å²) in [4.78, 5) is 19.0. The summed E-state index contributed by atoms with van der Waals surface area (Å²) in [5.74, 6) is 1.36. The Bertz CT molecular complexity index is 1140. The second-order valence-electron chi connectivity index (χ2n) is 6.90. The van der Waals surface area contributed by atoms with Gasteiger partial charge in [-0.15, -0.1) is 0 Å². The molecule has 0 bridgehead atoms. The van der Waals surface area contributed by atoms with Crippen molar-refractivity contribution in [2.75, 3.05) is 17.2 Å². The van der Waals surface area contributed by atoms with E-state index >= 15 is 0 Å². The summed E-state index contributed by atoms with van der Waals surface area (Å²) in [6, 6.07) is 16.7. The van der Waals surface area contributed by atoms with Gasteiger partial charge >= 0.3 is 0 Å². The van der Waals surface area contributed by atoms with Crippen LogP contribution in [0.5, 0.6) is 0 Å². The Morgan fingerprint density at radius 3 is 2.57 bits per heavy atom. The molecule has 1 atom stereocenters. The van der Waals surface area contributed by atoms with Gasteiger partial charge in [-0.05, 0) is 24.5 Å². The number of anilines is 2. The number of hydrogen-bond donors (Lipinski definition) is 3. The second kappa shape index (κ2) is 8.56. The quantitative estimate of drug-likeness (QED) is 0.299. The molecule has 0 amide bonds. The monoisotopic (exact) mass is 403 g/mol. The molecule has 2 heterocycles. The highest BCUT2D eigenvalue weighted by molar-refractivity contribution is 5.96. The van der Waals surface area contributed by atoms with Gasteiger partial charge in [0.25, 0.3) is 5.69 Å². The van der Waals surface area contributed by atoms with Gasteiger partial charge in [-0.2, -0.15) is 5.10 Å². The molecular weight excluding hydrogens is 382 g/mol. The minimum absolute atomic E-state index is 0.0622. The zero-order valence-electron chi connectivity index (χ0n) is 16.4. The maximum atomic E-state index is 10.8. The lowest BCUT2D eigenvalue weighted by molar-refractivity contribution is -0.384. The van der Waals surface area contributed by atoms with Crippen LogP contribution in [-0.4, -0.2) is 31.6 Å². The highest BCUT2D eigenvalue weighted by atomic mass is 16.6.